The number of aromatic hydroxyl groups is 1. The Morgan fingerprint density at radius 3 is 2.33 bits per heavy atom. The van der Waals surface area contributed by atoms with Crippen LogP contribution < -0.4 is 15.4 Å². The van der Waals surface area contributed by atoms with Gasteiger partial charge in [-0.05, 0) is 0 Å². The van der Waals surface area contributed by atoms with Crippen LogP contribution >= 0.6 is 0 Å². The quantitative estimate of drug-likeness (QED) is 0.332. The Balaban J connectivity index is 2.29. The van der Waals surface area contributed by atoms with Gasteiger partial charge in [0.05, 0.1) is 6.21 Å². The molecule has 0 bridgehead atoms. The maximum Gasteiger partial charge on any atom is 0.309 e. The van der Waals surface area contributed by atoms with Crippen molar-refractivity contribution in [2.45, 2.75) is 0 Å². The zero-order valence-electron chi connectivity index (χ0n) is 9.99. The van der Waals surface area contributed by atoms with E-state index in [1.165, 1.54) is 4.57 Å². The van der Waals surface area contributed by atoms with E-state index in [1.807, 2.05) is 0 Å². The van der Waals surface area contributed by atoms with E-state index in [0.717, 1.165) is 5.56 Å². The second kappa shape index (κ2) is 4.40. The second-order valence-electron chi connectivity index (χ2n) is 3.99. The number of aromatic nitrogens is 1. The van der Waals surface area contributed by atoms with E-state index in [-0.39, 0.29) is 5.69 Å². The molecule has 1 aromatic heterocycles. The zero-order chi connectivity index (χ0) is 13.3. The summed E-state index contributed by atoms with van der Waals surface area (Å²) < 4.78 is 1.41. The number of nitrogens with zero attached hydrogens (tertiary/aromatic N) is 3. The molecule has 1 N–H and O–H groups in total. The van der Waals surface area contributed by atoms with Gasteiger partial charge in [-0.2, -0.15) is 9.67 Å². The average molecular weight is 246 g/mol. The fraction of sp³-hybridized carbons (Fsp3) is 0.167. The molecular weight excluding hydrogens is 234 g/mol. The third-order valence-corrected chi connectivity index (χ3v) is 2.41. The maximum absolute atomic E-state index is 11.3. The molecule has 1 heterocycles. The van der Waals surface area contributed by atoms with E-state index in [4.69, 9.17) is 0 Å². The predicted octanol–water partition coefficient (Wildman–Crippen LogP) is -0.840. The molecule has 0 unspecified atom stereocenters. The molecule has 6 nitrogen and oxygen atoms in total. The summed E-state index contributed by atoms with van der Waals surface area (Å²) >= 11 is 0. The lowest BCUT2D eigenvalue weighted by molar-refractivity contribution is -0.598. The standard InChI is InChI=1S/C12H11N3O3/c1-14(2)13-7-8-3-5-15(6-4-8)9-10(16)12(18)11(9)17/h3-7H,1-2H3/p+1. The molecule has 0 aliphatic heterocycles. The summed E-state index contributed by atoms with van der Waals surface area (Å²) in [4.78, 5) is 22.1. The molecule has 1 aromatic carbocycles. The van der Waals surface area contributed by atoms with Crippen LogP contribution in [0, 0.1) is 0 Å². The molecule has 0 amide bonds. The van der Waals surface area contributed by atoms with Crippen LogP contribution in [0.5, 0.6) is 5.75 Å². The van der Waals surface area contributed by atoms with Crippen LogP contribution in [0.4, 0.5) is 0 Å². The van der Waals surface area contributed by atoms with Gasteiger partial charge in [-0.25, -0.2) is 0 Å². The van der Waals surface area contributed by atoms with Crippen LogP contribution in [-0.4, -0.2) is 30.4 Å². The van der Waals surface area contributed by atoms with Crippen molar-refractivity contribution in [2.24, 2.45) is 5.10 Å². The summed E-state index contributed by atoms with van der Waals surface area (Å²) in [5.41, 5.74) is -0.655. The average Bonchev–Trinajstić information content (AvgIpc) is 2.37. The summed E-state index contributed by atoms with van der Waals surface area (Å²) in [5.74, 6) is -0.486. The van der Waals surface area contributed by atoms with Crippen molar-refractivity contribution < 1.29 is 9.67 Å². The van der Waals surface area contributed by atoms with Crippen molar-refractivity contribution in [3.05, 3.63) is 50.5 Å². The smallest absolute Gasteiger partial charge is 0.309 e. The molecular formula is C12H12N3O3+. The van der Waals surface area contributed by atoms with Crippen LogP contribution in [-0.2, 0) is 0 Å². The monoisotopic (exact) mass is 246 g/mol. The Kier molecular flexibility index (Phi) is 2.93. The number of hydrogen-bond acceptors (Lipinski definition) is 5. The second-order valence-corrected chi connectivity index (χ2v) is 3.99. The third kappa shape index (κ3) is 2.00. The van der Waals surface area contributed by atoms with E-state index in [2.05, 4.69) is 5.10 Å². The number of hydrazone groups is 1. The molecule has 0 aliphatic rings. The molecule has 0 saturated carbocycles. The molecule has 0 spiro atoms. The Hall–Kier alpha value is -2.50. The normalized spacial score (nSPS) is 11.2. The molecule has 2 aromatic rings. The Labute approximate surface area is 103 Å². The van der Waals surface area contributed by atoms with E-state index in [1.54, 1.807) is 49.8 Å². The van der Waals surface area contributed by atoms with Gasteiger partial charge in [0.1, 0.15) is 0 Å². The van der Waals surface area contributed by atoms with E-state index >= 15 is 0 Å². The highest BCUT2D eigenvalue weighted by Gasteiger charge is 2.28. The largest absolute Gasteiger partial charge is 0.499 e. The fourth-order valence-corrected chi connectivity index (χ4v) is 1.46. The Morgan fingerprint density at radius 1 is 1.22 bits per heavy atom. The maximum atomic E-state index is 11.3. The lowest BCUT2D eigenvalue weighted by Gasteiger charge is -2.02. The Morgan fingerprint density at radius 2 is 1.83 bits per heavy atom. The SMILES string of the molecule is CN(C)/N=C/c1cc[n+](-c2c(O)c(=O)c2=O)cc1. The van der Waals surface area contributed by atoms with Crippen molar-refractivity contribution in [3.63, 3.8) is 0 Å². The zero-order valence-corrected chi connectivity index (χ0v) is 9.99. The highest BCUT2D eigenvalue weighted by atomic mass is 16.3. The minimum atomic E-state index is -0.837. The number of pyridine rings is 1. The first kappa shape index (κ1) is 12.0. The van der Waals surface area contributed by atoms with Gasteiger partial charge in [0.15, 0.2) is 12.4 Å². The first-order valence-corrected chi connectivity index (χ1v) is 5.26. The molecule has 0 fully saturated rings. The third-order valence-electron chi connectivity index (χ3n) is 2.41. The molecule has 6 heteroatoms. The van der Waals surface area contributed by atoms with Crippen LogP contribution in [0.3, 0.4) is 0 Å². The van der Waals surface area contributed by atoms with Crippen molar-refractivity contribution in [1.29, 1.82) is 0 Å². The van der Waals surface area contributed by atoms with Crippen molar-refractivity contribution >= 4 is 6.21 Å². The summed E-state index contributed by atoms with van der Waals surface area (Å²) in [6, 6.07) is 3.45. The van der Waals surface area contributed by atoms with E-state index in [0.29, 0.717) is 0 Å². The van der Waals surface area contributed by atoms with Crippen LogP contribution in [0.15, 0.2) is 39.2 Å². The van der Waals surface area contributed by atoms with E-state index < -0.39 is 16.6 Å². The van der Waals surface area contributed by atoms with Gasteiger partial charge in [-0.1, -0.05) is 0 Å². The molecule has 0 atom stereocenters. The lowest BCUT2D eigenvalue weighted by Crippen LogP contribution is -2.46. The van der Waals surface area contributed by atoms with Crippen LogP contribution in [0.25, 0.3) is 5.69 Å². The minimum absolute atomic E-state index is 0.0103. The number of hydrogen-bond donors (Lipinski definition) is 1. The van der Waals surface area contributed by atoms with Gasteiger partial charge in [-0.3, -0.25) is 9.59 Å². The van der Waals surface area contributed by atoms with Crippen molar-refractivity contribution in [3.8, 4) is 11.4 Å². The minimum Gasteiger partial charge on any atom is -0.499 e. The predicted molar refractivity (Wildman–Crippen MR) is 65.8 cm³/mol. The van der Waals surface area contributed by atoms with Crippen molar-refractivity contribution in [1.82, 2.24) is 5.01 Å². The molecule has 2 rings (SSSR count). The number of rotatable bonds is 3. The molecule has 0 saturated heterocycles. The summed E-state index contributed by atoms with van der Waals surface area (Å²) in [6.07, 6.45) is 4.84. The summed E-state index contributed by atoms with van der Waals surface area (Å²) in [6.45, 7) is 0. The van der Waals surface area contributed by atoms with Crippen LogP contribution in [0.2, 0.25) is 0 Å². The molecule has 92 valence electrons. The first-order valence-electron chi connectivity index (χ1n) is 5.26. The molecule has 0 radical (unpaired) electrons. The van der Waals surface area contributed by atoms with Gasteiger partial charge in [0.2, 0.25) is 5.75 Å². The van der Waals surface area contributed by atoms with Gasteiger partial charge >= 0.3 is 11.1 Å². The first-order chi connectivity index (χ1) is 8.50. The van der Waals surface area contributed by atoms with Crippen LogP contribution in [0.1, 0.15) is 5.56 Å². The van der Waals surface area contributed by atoms with Gasteiger partial charge in [0, 0.05) is 31.8 Å². The topological polar surface area (TPSA) is 73.8 Å². The van der Waals surface area contributed by atoms with Gasteiger partial charge < -0.3 is 10.1 Å². The van der Waals surface area contributed by atoms with E-state index in [9.17, 15) is 14.7 Å². The van der Waals surface area contributed by atoms with Crippen molar-refractivity contribution in [2.75, 3.05) is 14.1 Å². The van der Waals surface area contributed by atoms with Gasteiger partial charge in [-0.15, -0.1) is 0 Å². The highest BCUT2D eigenvalue weighted by molar-refractivity contribution is 5.78. The Bertz CT molecular complexity index is 665. The summed E-state index contributed by atoms with van der Waals surface area (Å²) in [7, 11) is 3.61. The molecule has 18 heavy (non-hydrogen) atoms. The summed E-state index contributed by atoms with van der Waals surface area (Å²) in [5, 5.41) is 15.0. The van der Waals surface area contributed by atoms with Gasteiger partial charge in [0.25, 0.3) is 5.43 Å². The highest BCUT2D eigenvalue weighted by Crippen LogP contribution is 2.07. The molecule has 0 aliphatic carbocycles. The lowest BCUT2D eigenvalue weighted by atomic mass is 10.2. The fourth-order valence-electron chi connectivity index (χ4n) is 1.46.